The van der Waals surface area contributed by atoms with Gasteiger partial charge in [-0.2, -0.15) is 0 Å². The average Bonchev–Trinajstić information content (AvgIpc) is 2.54. The van der Waals surface area contributed by atoms with E-state index in [0.29, 0.717) is 0 Å². The molecule has 0 aliphatic carbocycles. The SMILES string of the molecule is CC.CNC(=O)c1c(C)c(F)c(OC)c(F)c1CC(N)C(=O)O. The van der Waals surface area contributed by atoms with Gasteiger partial charge in [-0.25, -0.2) is 8.78 Å². The van der Waals surface area contributed by atoms with Gasteiger partial charge in [0.2, 0.25) is 0 Å². The fourth-order valence-electron chi connectivity index (χ4n) is 1.96. The standard InChI is InChI=1S/C13H16F2N2O4.C2H6/c1-5-8(12(18)17-2)6(4-7(16)13(19)20)10(15)11(21-3)9(5)14;1-2/h7H,4,16H2,1-3H3,(H,17,18)(H,19,20);1-2H3. The Morgan fingerprint density at radius 1 is 1.30 bits per heavy atom. The molecule has 4 N–H and O–H groups in total. The van der Waals surface area contributed by atoms with Crippen molar-refractivity contribution in [3.63, 3.8) is 0 Å². The van der Waals surface area contributed by atoms with Crippen molar-refractivity contribution < 1.29 is 28.2 Å². The second-order valence-electron chi connectivity index (χ2n) is 4.37. The van der Waals surface area contributed by atoms with E-state index in [9.17, 15) is 18.4 Å². The number of benzene rings is 1. The molecule has 0 bridgehead atoms. The summed E-state index contributed by atoms with van der Waals surface area (Å²) in [5, 5.41) is 11.1. The Bertz CT molecular complexity index is 592. The first-order valence-electron chi connectivity index (χ1n) is 7.01. The number of carboxylic acid groups (broad SMARTS) is 1. The van der Waals surface area contributed by atoms with Gasteiger partial charge in [-0.3, -0.25) is 9.59 Å². The smallest absolute Gasteiger partial charge is 0.320 e. The quantitative estimate of drug-likeness (QED) is 0.760. The third kappa shape index (κ3) is 4.38. The molecule has 6 nitrogen and oxygen atoms in total. The van der Waals surface area contributed by atoms with Crippen LogP contribution in [0.5, 0.6) is 5.75 Å². The van der Waals surface area contributed by atoms with E-state index < -0.39 is 41.7 Å². The number of nitrogens with one attached hydrogen (secondary N) is 1. The van der Waals surface area contributed by atoms with Crippen molar-refractivity contribution in [3.8, 4) is 5.75 Å². The predicted molar refractivity (Wildman–Crippen MR) is 81.7 cm³/mol. The first kappa shape index (κ1) is 20.8. The van der Waals surface area contributed by atoms with Gasteiger partial charge in [-0.05, 0) is 6.92 Å². The number of carbonyl (C=O) groups is 2. The normalized spacial score (nSPS) is 11.1. The lowest BCUT2D eigenvalue weighted by molar-refractivity contribution is -0.138. The maximum atomic E-state index is 14.3. The minimum absolute atomic E-state index is 0.139. The summed E-state index contributed by atoms with van der Waals surface area (Å²) in [5.41, 5.74) is 4.67. The number of methoxy groups -OCH3 is 1. The summed E-state index contributed by atoms with van der Waals surface area (Å²) in [5.74, 6) is -4.91. The first-order valence-corrected chi connectivity index (χ1v) is 7.01. The fraction of sp³-hybridized carbons (Fsp3) is 0.467. The van der Waals surface area contributed by atoms with Crippen LogP contribution in [-0.4, -0.2) is 37.2 Å². The number of rotatable bonds is 5. The van der Waals surface area contributed by atoms with Gasteiger partial charge in [0.05, 0.1) is 12.7 Å². The molecule has 0 spiro atoms. The lowest BCUT2D eigenvalue weighted by Crippen LogP contribution is -2.34. The maximum absolute atomic E-state index is 14.3. The molecular weight excluding hydrogens is 310 g/mol. The van der Waals surface area contributed by atoms with E-state index in [1.807, 2.05) is 13.8 Å². The zero-order valence-corrected chi connectivity index (χ0v) is 13.8. The molecule has 0 aliphatic rings. The highest BCUT2D eigenvalue weighted by Crippen LogP contribution is 2.32. The van der Waals surface area contributed by atoms with Crippen LogP contribution in [-0.2, 0) is 11.2 Å². The van der Waals surface area contributed by atoms with Gasteiger partial charge >= 0.3 is 5.97 Å². The number of halogens is 2. The monoisotopic (exact) mass is 332 g/mol. The largest absolute Gasteiger partial charge is 0.491 e. The molecule has 8 heteroatoms. The van der Waals surface area contributed by atoms with Crippen LogP contribution in [0.25, 0.3) is 0 Å². The van der Waals surface area contributed by atoms with E-state index in [4.69, 9.17) is 10.8 Å². The molecule has 23 heavy (non-hydrogen) atoms. The zero-order valence-electron chi connectivity index (χ0n) is 13.8. The van der Waals surface area contributed by atoms with Crippen LogP contribution in [0.15, 0.2) is 0 Å². The summed E-state index contributed by atoms with van der Waals surface area (Å²) < 4.78 is 32.9. The topological polar surface area (TPSA) is 102 Å². The summed E-state index contributed by atoms with van der Waals surface area (Å²) in [7, 11) is 2.37. The van der Waals surface area contributed by atoms with Gasteiger partial charge in [0.1, 0.15) is 6.04 Å². The fourth-order valence-corrected chi connectivity index (χ4v) is 1.96. The second-order valence-corrected chi connectivity index (χ2v) is 4.37. The van der Waals surface area contributed by atoms with Crippen molar-refractivity contribution in [1.29, 1.82) is 0 Å². The summed E-state index contributed by atoms with van der Waals surface area (Å²) in [6, 6.07) is -1.43. The third-order valence-corrected chi connectivity index (χ3v) is 3.07. The van der Waals surface area contributed by atoms with Gasteiger partial charge in [-0.1, -0.05) is 13.8 Å². The number of ether oxygens (including phenoxy) is 1. The number of aliphatic carboxylic acids is 1. The minimum Gasteiger partial charge on any atom is -0.491 e. The van der Waals surface area contributed by atoms with Crippen molar-refractivity contribution in [3.05, 3.63) is 28.3 Å². The Labute approximate surface area is 133 Å². The number of hydrogen-bond donors (Lipinski definition) is 3. The molecule has 1 unspecified atom stereocenters. The van der Waals surface area contributed by atoms with E-state index in [0.717, 1.165) is 7.11 Å². The maximum Gasteiger partial charge on any atom is 0.320 e. The van der Waals surface area contributed by atoms with Gasteiger partial charge in [0, 0.05) is 24.6 Å². The van der Waals surface area contributed by atoms with E-state index >= 15 is 0 Å². The van der Waals surface area contributed by atoms with Crippen LogP contribution in [0.3, 0.4) is 0 Å². The Hall–Kier alpha value is -2.22. The molecule has 1 aromatic rings. The number of carbonyl (C=O) groups excluding carboxylic acids is 1. The summed E-state index contributed by atoms with van der Waals surface area (Å²) in [4.78, 5) is 22.7. The van der Waals surface area contributed by atoms with Gasteiger partial charge in [0.15, 0.2) is 17.4 Å². The van der Waals surface area contributed by atoms with Gasteiger partial charge in [0.25, 0.3) is 5.91 Å². The predicted octanol–water partition coefficient (Wildman–Crippen LogP) is 1.62. The van der Waals surface area contributed by atoms with E-state index in [1.165, 1.54) is 14.0 Å². The van der Waals surface area contributed by atoms with Gasteiger partial charge in [-0.15, -0.1) is 0 Å². The minimum atomic E-state index is -1.43. The Morgan fingerprint density at radius 3 is 2.22 bits per heavy atom. The molecule has 0 aromatic heterocycles. The van der Waals surface area contributed by atoms with Crippen molar-refractivity contribution in [2.24, 2.45) is 5.73 Å². The molecule has 130 valence electrons. The summed E-state index contributed by atoms with van der Waals surface area (Å²) in [6.45, 7) is 5.28. The highest BCUT2D eigenvalue weighted by atomic mass is 19.1. The lowest BCUT2D eigenvalue weighted by Gasteiger charge is -2.18. The lowest BCUT2D eigenvalue weighted by atomic mass is 9.94. The average molecular weight is 332 g/mol. The number of nitrogens with two attached hydrogens (primary N) is 1. The van der Waals surface area contributed by atoms with E-state index in [2.05, 4.69) is 10.1 Å². The molecule has 0 saturated carbocycles. The molecule has 0 fully saturated rings. The molecule has 1 amide bonds. The number of hydrogen-bond acceptors (Lipinski definition) is 4. The van der Waals surface area contributed by atoms with Crippen LogP contribution in [0.1, 0.15) is 35.3 Å². The zero-order chi connectivity index (χ0) is 18.3. The molecule has 1 rings (SSSR count). The molecule has 1 aromatic carbocycles. The Balaban J connectivity index is 0.00000232. The van der Waals surface area contributed by atoms with Crippen molar-refractivity contribution >= 4 is 11.9 Å². The highest BCUT2D eigenvalue weighted by Gasteiger charge is 2.28. The molecule has 0 heterocycles. The highest BCUT2D eigenvalue weighted by molar-refractivity contribution is 5.97. The van der Waals surface area contributed by atoms with Crippen LogP contribution in [0.4, 0.5) is 8.78 Å². The number of amides is 1. The van der Waals surface area contributed by atoms with Crippen LogP contribution in [0.2, 0.25) is 0 Å². The van der Waals surface area contributed by atoms with Crippen LogP contribution in [0, 0.1) is 18.6 Å². The van der Waals surface area contributed by atoms with Crippen LogP contribution < -0.4 is 15.8 Å². The van der Waals surface area contributed by atoms with E-state index in [1.54, 1.807) is 0 Å². The Morgan fingerprint density at radius 2 is 1.83 bits per heavy atom. The molecule has 0 aliphatic heterocycles. The first-order chi connectivity index (χ1) is 10.8. The van der Waals surface area contributed by atoms with E-state index in [-0.39, 0.29) is 16.7 Å². The van der Waals surface area contributed by atoms with Gasteiger partial charge < -0.3 is 20.9 Å². The molecule has 1 atom stereocenters. The second kappa shape index (κ2) is 9.04. The number of carboxylic acids is 1. The van der Waals surface area contributed by atoms with Crippen molar-refractivity contribution in [2.75, 3.05) is 14.2 Å². The van der Waals surface area contributed by atoms with Crippen molar-refractivity contribution in [2.45, 2.75) is 33.2 Å². The van der Waals surface area contributed by atoms with Crippen LogP contribution >= 0.6 is 0 Å². The summed E-state index contributed by atoms with van der Waals surface area (Å²) in [6.07, 6.45) is -0.471. The summed E-state index contributed by atoms with van der Waals surface area (Å²) >= 11 is 0. The third-order valence-electron chi connectivity index (χ3n) is 3.07. The van der Waals surface area contributed by atoms with Crippen molar-refractivity contribution in [1.82, 2.24) is 5.32 Å². The molecule has 0 radical (unpaired) electrons. The molecule has 0 saturated heterocycles. The molecular formula is C15H22F2N2O4. The Kier molecular flexibility index (Phi) is 8.17.